The Bertz CT molecular complexity index is 3430. The molecule has 0 saturated heterocycles. The van der Waals surface area contributed by atoms with Crippen molar-refractivity contribution < 1.29 is 8.78 Å². The van der Waals surface area contributed by atoms with E-state index in [1.54, 1.807) is 34.8 Å². The highest BCUT2D eigenvalue weighted by molar-refractivity contribution is 7.19. The third-order valence-electron chi connectivity index (χ3n) is 16.2. The number of aryl methyl sites for hydroxylation is 2. The smallest absolute Gasteiger partial charge is 0.132 e. The predicted molar refractivity (Wildman–Crippen MR) is 317 cm³/mol. The summed E-state index contributed by atoms with van der Waals surface area (Å²) in [6.45, 7) is 13.7. The van der Waals surface area contributed by atoms with Crippen LogP contribution in [0.2, 0.25) is 0 Å². The van der Waals surface area contributed by atoms with Gasteiger partial charge in [-0.15, -0.1) is 22.7 Å². The van der Waals surface area contributed by atoms with Crippen LogP contribution in [-0.4, -0.2) is 17.5 Å². The third-order valence-corrected chi connectivity index (χ3v) is 19.6. The van der Waals surface area contributed by atoms with Gasteiger partial charge in [-0.25, -0.2) is 8.78 Å². The lowest BCUT2D eigenvalue weighted by molar-refractivity contribution is 0.421. The number of thiophene rings is 2. The minimum Gasteiger partial charge on any atom is -0.206 e. The molecule has 4 aromatic heterocycles. The number of rotatable bonds is 20. The van der Waals surface area contributed by atoms with E-state index in [1.165, 1.54) is 97.1 Å². The molecule has 10 heteroatoms. The maximum Gasteiger partial charge on any atom is 0.132 e. The summed E-state index contributed by atoms with van der Waals surface area (Å²) in [6, 6.07) is 42.2. The van der Waals surface area contributed by atoms with Crippen LogP contribution in [0.15, 0.2) is 121 Å². The Hall–Kier alpha value is -5.78. The van der Waals surface area contributed by atoms with Gasteiger partial charge >= 0.3 is 0 Å². The van der Waals surface area contributed by atoms with Crippen LogP contribution >= 0.6 is 46.1 Å². The maximum atomic E-state index is 15.7. The van der Waals surface area contributed by atoms with Gasteiger partial charge in [-0.3, -0.25) is 0 Å². The molecule has 0 amide bonds. The Balaban J connectivity index is 0.817. The average Bonchev–Trinajstić information content (AvgIpc) is 4.33. The van der Waals surface area contributed by atoms with Crippen LogP contribution in [0, 0.1) is 23.5 Å². The lowest BCUT2D eigenvalue weighted by atomic mass is 9.80. The number of nitrogens with zero attached hydrogens (tertiary/aromatic N) is 4. The molecule has 10 aromatic rings. The highest BCUT2D eigenvalue weighted by Crippen LogP contribution is 2.52. The standard InChI is InChI=1S/C65H64F2N4S4/c1-7-11-13-39(9-3)15-17-41-19-23-49(55(66)35-41)57-31-33-59(72-57)51-29-27-45(61-63(51)70-74-68-61)43-21-25-47-48-26-22-44(38-54(48)65(5,6)53(47)37-43)46-28-30-52(64-62(46)69-75-71-64)60-34-32-58(73-60)50-24-20-42(36-56(50)67)18-16-40(10-4)14-12-8-2/h19-40H,7-18H2,1-6H3. The molecule has 2 unspecified atom stereocenters. The molecule has 0 fully saturated rings. The van der Waals surface area contributed by atoms with Crippen LogP contribution in [0.4, 0.5) is 8.78 Å². The topological polar surface area (TPSA) is 51.6 Å². The number of hydrogen-bond acceptors (Lipinski definition) is 8. The Morgan fingerprint density at radius 2 is 0.773 bits per heavy atom. The van der Waals surface area contributed by atoms with Gasteiger partial charge in [-0.2, -0.15) is 17.5 Å². The zero-order valence-electron chi connectivity index (χ0n) is 43.9. The minimum absolute atomic E-state index is 0.159. The number of hydrogen-bond donors (Lipinski definition) is 0. The Morgan fingerprint density at radius 3 is 1.16 bits per heavy atom. The van der Waals surface area contributed by atoms with Crippen molar-refractivity contribution in [3.63, 3.8) is 0 Å². The number of benzene rings is 6. The molecule has 0 aliphatic heterocycles. The maximum absolute atomic E-state index is 15.7. The zero-order chi connectivity index (χ0) is 51.8. The Labute approximate surface area is 457 Å². The van der Waals surface area contributed by atoms with Gasteiger partial charge in [0, 0.05) is 58.3 Å². The zero-order valence-corrected chi connectivity index (χ0v) is 47.1. The van der Waals surface area contributed by atoms with Crippen molar-refractivity contribution in [2.24, 2.45) is 11.8 Å². The van der Waals surface area contributed by atoms with Crippen molar-refractivity contribution in [2.45, 2.75) is 124 Å². The van der Waals surface area contributed by atoms with Crippen molar-refractivity contribution >= 4 is 68.2 Å². The summed E-state index contributed by atoms with van der Waals surface area (Å²) in [5.41, 5.74) is 18.0. The van der Waals surface area contributed by atoms with Crippen molar-refractivity contribution in [3.8, 4) is 75.1 Å². The summed E-state index contributed by atoms with van der Waals surface area (Å²) in [6.07, 6.45) is 13.9. The number of halogens is 2. The van der Waals surface area contributed by atoms with Gasteiger partial charge in [0.25, 0.3) is 0 Å². The van der Waals surface area contributed by atoms with Crippen LogP contribution < -0.4 is 0 Å². The first-order valence-electron chi connectivity index (χ1n) is 27.1. The monoisotopic (exact) mass is 1070 g/mol. The molecule has 0 spiro atoms. The summed E-state index contributed by atoms with van der Waals surface area (Å²) >= 11 is 5.67. The first-order chi connectivity index (χ1) is 36.6. The van der Waals surface area contributed by atoms with Gasteiger partial charge in [-0.1, -0.05) is 166 Å². The van der Waals surface area contributed by atoms with Crippen molar-refractivity contribution in [1.82, 2.24) is 17.5 Å². The van der Waals surface area contributed by atoms with Crippen LogP contribution in [0.5, 0.6) is 0 Å². The first-order valence-corrected chi connectivity index (χ1v) is 30.2. The Kier molecular flexibility index (Phi) is 15.1. The van der Waals surface area contributed by atoms with Gasteiger partial charge in [0.05, 0.1) is 23.5 Å². The molecule has 75 heavy (non-hydrogen) atoms. The van der Waals surface area contributed by atoms with E-state index >= 15 is 8.78 Å². The van der Waals surface area contributed by atoms with E-state index in [0.29, 0.717) is 23.0 Å². The van der Waals surface area contributed by atoms with E-state index in [9.17, 15) is 0 Å². The molecule has 4 heterocycles. The van der Waals surface area contributed by atoms with Gasteiger partial charge < -0.3 is 0 Å². The van der Waals surface area contributed by atoms with E-state index in [2.05, 4.69) is 126 Å². The molecule has 11 rings (SSSR count). The van der Waals surface area contributed by atoms with E-state index in [0.717, 1.165) is 112 Å². The summed E-state index contributed by atoms with van der Waals surface area (Å²) in [4.78, 5) is 3.91. The van der Waals surface area contributed by atoms with Crippen molar-refractivity contribution in [3.05, 3.63) is 155 Å². The Morgan fingerprint density at radius 1 is 0.413 bits per heavy atom. The lowest BCUT2D eigenvalue weighted by Crippen LogP contribution is -2.15. The number of fused-ring (bicyclic) bond motifs is 5. The first kappa shape index (κ1) is 51.3. The molecule has 4 nitrogen and oxygen atoms in total. The molecule has 1 aliphatic carbocycles. The molecule has 0 radical (unpaired) electrons. The van der Waals surface area contributed by atoms with Gasteiger partial charge in [-0.05, 0) is 131 Å². The van der Waals surface area contributed by atoms with Crippen LogP contribution in [0.1, 0.15) is 128 Å². The highest BCUT2D eigenvalue weighted by atomic mass is 32.1. The summed E-state index contributed by atoms with van der Waals surface area (Å²) < 4.78 is 50.9. The van der Waals surface area contributed by atoms with E-state index in [1.807, 2.05) is 24.3 Å². The SMILES string of the molecule is CCCCC(CC)CCc1ccc(-c2ccc(-c3ccc(-c4ccc5c(c4)C(C)(C)c4cc(-c6ccc(-c7ccc(-c8ccc(CCC(CC)CCCC)cc8F)s7)c7nsnc67)ccc4-5)c4nsnc34)s2)c(F)c1. The molecule has 6 aromatic carbocycles. The van der Waals surface area contributed by atoms with Crippen LogP contribution in [0.25, 0.3) is 97.2 Å². The van der Waals surface area contributed by atoms with E-state index in [4.69, 9.17) is 17.5 Å². The summed E-state index contributed by atoms with van der Waals surface area (Å²) in [5.74, 6) is 1.08. The van der Waals surface area contributed by atoms with Gasteiger partial charge in [0.2, 0.25) is 0 Å². The van der Waals surface area contributed by atoms with E-state index in [-0.39, 0.29) is 17.0 Å². The minimum atomic E-state index is -0.281. The fraction of sp³-hybridized carbons (Fsp3) is 0.323. The predicted octanol–water partition coefficient (Wildman–Crippen LogP) is 20.7. The van der Waals surface area contributed by atoms with Crippen molar-refractivity contribution in [1.29, 1.82) is 0 Å². The quantitative estimate of drug-likeness (QED) is 0.0763. The van der Waals surface area contributed by atoms with Gasteiger partial charge in [0.1, 0.15) is 33.7 Å². The second kappa shape index (κ2) is 22.1. The molecule has 2 atom stereocenters. The molecule has 0 bridgehead atoms. The normalized spacial score (nSPS) is 13.7. The largest absolute Gasteiger partial charge is 0.206 e. The van der Waals surface area contributed by atoms with Crippen LogP contribution in [-0.2, 0) is 18.3 Å². The molecule has 1 aliphatic rings. The lowest BCUT2D eigenvalue weighted by Gasteiger charge is -2.23. The fourth-order valence-corrected chi connectivity index (χ4v) is 14.9. The van der Waals surface area contributed by atoms with Crippen molar-refractivity contribution in [2.75, 3.05) is 0 Å². The number of unbranched alkanes of at least 4 members (excludes halogenated alkanes) is 2. The molecule has 382 valence electrons. The molecular formula is C65H64F2N4S4. The fourth-order valence-electron chi connectivity index (χ4n) is 11.6. The second-order valence-electron chi connectivity index (χ2n) is 21.3. The third kappa shape index (κ3) is 10.1. The molecular weight excluding hydrogens is 1000 g/mol. The molecule has 0 saturated carbocycles. The van der Waals surface area contributed by atoms with Crippen LogP contribution in [0.3, 0.4) is 0 Å². The highest BCUT2D eigenvalue weighted by Gasteiger charge is 2.36. The second-order valence-corrected chi connectivity index (χ2v) is 24.5. The van der Waals surface area contributed by atoms with Gasteiger partial charge in [0.15, 0.2) is 0 Å². The van der Waals surface area contributed by atoms with E-state index < -0.39 is 0 Å². The summed E-state index contributed by atoms with van der Waals surface area (Å²) in [5, 5.41) is 0. The summed E-state index contributed by atoms with van der Waals surface area (Å²) in [7, 11) is 0. The number of aromatic nitrogens is 4. The molecule has 0 N–H and O–H groups in total. The average molecular weight is 1070 g/mol.